The number of para-hydroxylation sites is 1. The molecule has 1 aromatic carbocycles. The van der Waals surface area contributed by atoms with Crippen LogP contribution in [0.4, 0.5) is 10.1 Å². The van der Waals surface area contributed by atoms with Gasteiger partial charge in [-0.3, -0.25) is 9.59 Å². The minimum atomic E-state index is -0.431. The van der Waals surface area contributed by atoms with Crippen LogP contribution in [-0.2, 0) is 11.2 Å². The van der Waals surface area contributed by atoms with Gasteiger partial charge in [0.15, 0.2) is 0 Å². The van der Waals surface area contributed by atoms with Gasteiger partial charge in [0.2, 0.25) is 0 Å². The van der Waals surface area contributed by atoms with E-state index in [1.807, 2.05) is 6.92 Å². The molecule has 3 aliphatic rings. The molecule has 1 fully saturated rings. The van der Waals surface area contributed by atoms with Gasteiger partial charge in [-0.1, -0.05) is 12.1 Å². The van der Waals surface area contributed by atoms with Gasteiger partial charge in [-0.2, -0.15) is 0 Å². The highest BCUT2D eigenvalue weighted by atomic mass is 19.1. The normalized spacial score (nSPS) is 20.2. The molecule has 6 nitrogen and oxygen atoms in total. The number of anilines is 1. The number of amides is 2. The number of H-pyrrole nitrogens is 1. The van der Waals surface area contributed by atoms with Gasteiger partial charge < -0.3 is 20.5 Å². The van der Waals surface area contributed by atoms with Gasteiger partial charge in [-0.15, -0.1) is 0 Å². The zero-order chi connectivity index (χ0) is 22.2. The van der Waals surface area contributed by atoms with Crippen molar-refractivity contribution in [1.82, 2.24) is 15.2 Å². The average molecular weight is 437 g/mol. The maximum atomic E-state index is 14.2. The first-order chi connectivity index (χ1) is 15.5. The van der Waals surface area contributed by atoms with E-state index in [9.17, 15) is 14.0 Å². The number of aromatic amines is 1. The second-order valence-electron chi connectivity index (χ2n) is 8.96. The van der Waals surface area contributed by atoms with Crippen molar-refractivity contribution in [3.8, 4) is 0 Å². The topological polar surface area (TPSA) is 77.2 Å². The van der Waals surface area contributed by atoms with Crippen LogP contribution in [0, 0.1) is 12.7 Å². The smallest absolute Gasteiger partial charge is 0.256 e. The summed E-state index contributed by atoms with van der Waals surface area (Å²) in [7, 11) is 0. The Morgan fingerprint density at radius 2 is 2.00 bits per heavy atom. The van der Waals surface area contributed by atoms with Gasteiger partial charge in [0.1, 0.15) is 5.82 Å². The van der Waals surface area contributed by atoms with Crippen molar-refractivity contribution >= 4 is 28.6 Å². The second-order valence-corrected chi connectivity index (χ2v) is 8.96. The summed E-state index contributed by atoms with van der Waals surface area (Å²) in [5, 5.41) is 5.76. The van der Waals surface area contributed by atoms with E-state index in [4.69, 9.17) is 0 Å². The largest absolute Gasteiger partial charge is 0.358 e. The Morgan fingerprint density at radius 1 is 1.19 bits per heavy atom. The summed E-state index contributed by atoms with van der Waals surface area (Å²) in [4.78, 5) is 31.6. The van der Waals surface area contributed by atoms with Crippen LogP contribution in [-0.4, -0.2) is 47.9 Å². The lowest BCUT2D eigenvalue weighted by atomic mass is 9.86. The molecule has 0 saturated carbocycles. The number of nitrogens with one attached hydrogen (secondary N) is 3. The fraction of sp³-hybridized carbons (Fsp3) is 0.440. The minimum Gasteiger partial charge on any atom is -0.358 e. The molecule has 1 aliphatic carbocycles. The Hall–Kier alpha value is -2.93. The molecule has 0 unspecified atom stereocenters. The summed E-state index contributed by atoms with van der Waals surface area (Å²) in [5.74, 6) is -0.776. The predicted molar refractivity (Wildman–Crippen MR) is 123 cm³/mol. The van der Waals surface area contributed by atoms with Crippen LogP contribution < -0.4 is 10.6 Å². The van der Waals surface area contributed by atoms with Crippen molar-refractivity contribution in [2.75, 3.05) is 31.5 Å². The number of carbonyl (C=O) groups is 2. The summed E-state index contributed by atoms with van der Waals surface area (Å²) in [6.45, 7) is 5.90. The lowest BCUT2D eigenvalue weighted by Crippen LogP contribution is -2.29. The molecule has 2 amide bonds. The van der Waals surface area contributed by atoms with E-state index in [1.165, 1.54) is 18.9 Å². The summed E-state index contributed by atoms with van der Waals surface area (Å²) in [5.41, 5.74) is 5.53. The van der Waals surface area contributed by atoms with Crippen LogP contribution in [0.1, 0.15) is 65.0 Å². The van der Waals surface area contributed by atoms with Crippen LogP contribution in [0.2, 0.25) is 0 Å². The number of benzene rings is 1. The highest BCUT2D eigenvalue weighted by molar-refractivity contribution is 6.37. The van der Waals surface area contributed by atoms with E-state index in [2.05, 4.69) is 20.5 Å². The molecule has 168 valence electrons. The second kappa shape index (κ2) is 8.54. The molecule has 7 heteroatoms. The average Bonchev–Trinajstić information content (AvgIpc) is 3.48. The number of aryl methyl sites for hydroxylation is 1. The number of hydrogen-bond acceptors (Lipinski definition) is 3. The number of rotatable bonds is 5. The summed E-state index contributed by atoms with van der Waals surface area (Å²) >= 11 is 0. The van der Waals surface area contributed by atoms with Gasteiger partial charge in [0.05, 0.1) is 16.8 Å². The minimum absolute atomic E-state index is 0.0602. The molecule has 2 aromatic rings. The Kier molecular flexibility index (Phi) is 5.59. The van der Waals surface area contributed by atoms with Gasteiger partial charge in [-0.05, 0) is 82.3 Å². The summed E-state index contributed by atoms with van der Waals surface area (Å²) in [6.07, 6.45) is 5.82. The number of hydrogen-bond donors (Lipinski definition) is 3. The molecule has 5 rings (SSSR count). The van der Waals surface area contributed by atoms with Crippen LogP contribution in [0.5, 0.6) is 0 Å². The Bertz CT molecular complexity index is 1110. The quantitative estimate of drug-likeness (QED) is 0.492. The molecular weight excluding hydrogens is 407 g/mol. The first kappa shape index (κ1) is 20.9. The number of aromatic nitrogens is 1. The molecule has 0 bridgehead atoms. The number of likely N-dealkylation sites (tertiary alicyclic amines) is 1. The number of nitrogens with zero attached hydrogens (tertiary/aromatic N) is 1. The Balaban J connectivity index is 1.40. The Morgan fingerprint density at radius 3 is 2.81 bits per heavy atom. The van der Waals surface area contributed by atoms with E-state index in [0.29, 0.717) is 29.7 Å². The fourth-order valence-corrected chi connectivity index (χ4v) is 5.37. The fourth-order valence-electron chi connectivity index (χ4n) is 5.37. The maximum absolute atomic E-state index is 14.2. The predicted octanol–water partition coefficient (Wildman–Crippen LogP) is 3.88. The first-order valence-electron chi connectivity index (χ1n) is 11.6. The van der Waals surface area contributed by atoms with Crippen molar-refractivity contribution in [2.45, 2.75) is 45.4 Å². The lowest BCUT2D eigenvalue weighted by molar-refractivity contribution is -0.110. The highest BCUT2D eigenvalue weighted by Gasteiger charge is 2.34. The van der Waals surface area contributed by atoms with Gasteiger partial charge in [0, 0.05) is 23.5 Å². The van der Waals surface area contributed by atoms with E-state index < -0.39 is 5.82 Å². The maximum Gasteiger partial charge on any atom is 0.256 e. The third-order valence-corrected chi connectivity index (χ3v) is 6.86. The molecule has 2 aliphatic heterocycles. The third-order valence-electron chi connectivity index (χ3n) is 6.86. The van der Waals surface area contributed by atoms with Crippen LogP contribution >= 0.6 is 0 Å². The molecule has 1 saturated heterocycles. The number of carbonyl (C=O) groups excluding carboxylic acids is 2. The van der Waals surface area contributed by atoms with Crippen LogP contribution in [0.25, 0.3) is 11.1 Å². The van der Waals surface area contributed by atoms with Crippen LogP contribution in [0.3, 0.4) is 0 Å². The molecular formula is C25H29FN4O2. The molecule has 3 N–H and O–H groups in total. The van der Waals surface area contributed by atoms with Crippen molar-refractivity contribution in [2.24, 2.45) is 0 Å². The van der Waals surface area contributed by atoms with Crippen LogP contribution in [0.15, 0.2) is 18.2 Å². The first-order valence-corrected chi connectivity index (χ1v) is 11.6. The molecule has 0 radical (unpaired) electrons. The van der Waals surface area contributed by atoms with Crippen molar-refractivity contribution in [1.29, 1.82) is 0 Å². The Labute approximate surface area is 187 Å². The number of allylic oxidation sites excluding steroid dienone is 1. The summed E-state index contributed by atoms with van der Waals surface area (Å²) < 4.78 is 14.2. The zero-order valence-electron chi connectivity index (χ0n) is 18.4. The van der Waals surface area contributed by atoms with Crippen molar-refractivity contribution in [3.05, 3.63) is 52.1 Å². The van der Waals surface area contributed by atoms with E-state index in [1.54, 1.807) is 12.1 Å². The van der Waals surface area contributed by atoms with Crippen molar-refractivity contribution < 1.29 is 14.0 Å². The lowest BCUT2D eigenvalue weighted by Gasteiger charge is -2.18. The van der Waals surface area contributed by atoms with Crippen molar-refractivity contribution in [3.63, 3.8) is 0 Å². The monoisotopic (exact) mass is 436 g/mol. The van der Waals surface area contributed by atoms with E-state index >= 15 is 0 Å². The number of fused-ring (bicyclic) bond motifs is 2. The van der Waals surface area contributed by atoms with Gasteiger partial charge in [-0.25, -0.2) is 4.39 Å². The van der Waals surface area contributed by atoms with E-state index in [0.717, 1.165) is 61.4 Å². The highest BCUT2D eigenvalue weighted by Crippen LogP contribution is 2.43. The molecule has 0 atom stereocenters. The SMILES string of the molecule is Cc1[nH]c2c(c1C(=O)NCCCN1CCCC1)CCCC2=C1C(=O)Nc2c(F)cccc21. The molecule has 0 spiro atoms. The van der Waals surface area contributed by atoms with Gasteiger partial charge >= 0.3 is 0 Å². The number of halogens is 1. The molecule has 32 heavy (non-hydrogen) atoms. The third kappa shape index (κ3) is 3.64. The summed E-state index contributed by atoms with van der Waals surface area (Å²) in [6, 6.07) is 4.75. The molecule has 3 heterocycles. The van der Waals surface area contributed by atoms with E-state index in [-0.39, 0.29) is 17.5 Å². The van der Waals surface area contributed by atoms with Gasteiger partial charge in [0.25, 0.3) is 11.8 Å². The standard InChI is InChI=1S/C25H29FN4O2/c1-15-20(24(31)27-11-6-14-30-12-2-3-13-30)16-7-4-8-17(22(16)28-15)21-18-9-5-10-19(26)23(18)29-25(21)32/h5,9-10,28H,2-4,6-8,11-14H2,1H3,(H,27,31)(H,29,32). The molecule has 1 aromatic heterocycles. The zero-order valence-corrected chi connectivity index (χ0v) is 18.4.